The monoisotopic (exact) mass is 382 g/mol. The van der Waals surface area contributed by atoms with Gasteiger partial charge in [0.25, 0.3) is 0 Å². The number of ether oxygens (including phenoxy) is 1. The Hall–Kier alpha value is -2.60. The number of rotatable bonds is 3. The number of hydrogen-bond acceptors (Lipinski definition) is 4. The highest BCUT2D eigenvalue weighted by molar-refractivity contribution is 9.10. The van der Waals surface area contributed by atoms with E-state index in [2.05, 4.69) is 49.5 Å². The van der Waals surface area contributed by atoms with Gasteiger partial charge in [-0.1, -0.05) is 28.1 Å². The van der Waals surface area contributed by atoms with E-state index in [1.54, 1.807) is 13.4 Å². The van der Waals surface area contributed by atoms with Crippen LogP contribution < -0.4 is 10.1 Å². The van der Waals surface area contributed by atoms with Crippen LogP contribution in [-0.2, 0) is 0 Å². The summed E-state index contributed by atoms with van der Waals surface area (Å²) in [5.74, 6) is 1.57. The molecular weight excluding hydrogens is 368 g/mol. The molecule has 0 saturated carbocycles. The Labute approximate surface area is 148 Å². The van der Waals surface area contributed by atoms with Crippen LogP contribution in [0.2, 0.25) is 0 Å². The summed E-state index contributed by atoms with van der Waals surface area (Å²) in [5, 5.41) is 7.70. The first kappa shape index (κ1) is 15.0. The van der Waals surface area contributed by atoms with Gasteiger partial charge in [0.2, 0.25) is 5.95 Å². The van der Waals surface area contributed by atoms with Gasteiger partial charge in [-0.25, -0.2) is 4.68 Å². The van der Waals surface area contributed by atoms with Crippen molar-refractivity contribution in [2.75, 3.05) is 12.4 Å². The molecule has 24 heavy (non-hydrogen) atoms. The van der Waals surface area contributed by atoms with Gasteiger partial charge in [0.15, 0.2) is 0 Å². The van der Waals surface area contributed by atoms with Gasteiger partial charge < -0.3 is 10.1 Å². The van der Waals surface area contributed by atoms with Crippen LogP contribution >= 0.6 is 15.9 Å². The van der Waals surface area contributed by atoms with Crippen molar-refractivity contribution < 1.29 is 4.74 Å². The molecule has 3 aromatic rings. The van der Waals surface area contributed by atoms with Crippen molar-refractivity contribution in [2.24, 2.45) is 0 Å². The number of aromatic nitrogens is 3. The van der Waals surface area contributed by atoms with Gasteiger partial charge in [0, 0.05) is 10.2 Å². The van der Waals surface area contributed by atoms with Crippen molar-refractivity contribution in [1.29, 1.82) is 0 Å². The molecular formula is C18H15BrN4O. The van der Waals surface area contributed by atoms with Gasteiger partial charge in [-0.2, -0.15) is 10.1 Å². The van der Waals surface area contributed by atoms with Gasteiger partial charge in [0.05, 0.1) is 7.11 Å². The minimum absolute atomic E-state index is 0.00560. The fraction of sp³-hybridized carbons (Fsp3) is 0.111. The average Bonchev–Trinajstić information content (AvgIpc) is 3.10. The second-order valence-electron chi connectivity index (χ2n) is 5.46. The number of allylic oxidation sites excluding steroid dienone is 1. The molecule has 0 amide bonds. The third-order valence-corrected chi connectivity index (χ3v) is 4.55. The smallest absolute Gasteiger partial charge is 0.226 e. The lowest BCUT2D eigenvalue weighted by atomic mass is 10.0. The van der Waals surface area contributed by atoms with Gasteiger partial charge in [0.1, 0.15) is 18.1 Å². The first-order valence-corrected chi connectivity index (χ1v) is 8.32. The van der Waals surface area contributed by atoms with E-state index < -0.39 is 0 Å². The molecule has 1 aliphatic rings. The van der Waals surface area contributed by atoms with E-state index >= 15 is 0 Å². The van der Waals surface area contributed by atoms with Crippen LogP contribution in [0.4, 0.5) is 5.95 Å². The second-order valence-corrected chi connectivity index (χ2v) is 6.37. The number of hydrogen-bond donors (Lipinski definition) is 1. The zero-order valence-electron chi connectivity index (χ0n) is 13.0. The van der Waals surface area contributed by atoms with Crippen LogP contribution in [0.3, 0.4) is 0 Å². The molecule has 2 heterocycles. The highest BCUT2D eigenvalue weighted by Gasteiger charge is 2.23. The molecule has 0 spiro atoms. The summed E-state index contributed by atoms with van der Waals surface area (Å²) in [5.41, 5.74) is 3.23. The highest BCUT2D eigenvalue weighted by Crippen LogP contribution is 2.32. The Morgan fingerprint density at radius 1 is 1.08 bits per heavy atom. The minimum atomic E-state index is -0.00560. The van der Waals surface area contributed by atoms with E-state index in [1.807, 2.05) is 41.1 Å². The molecule has 1 atom stereocenters. The van der Waals surface area contributed by atoms with E-state index in [-0.39, 0.29) is 6.04 Å². The highest BCUT2D eigenvalue weighted by atomic mass is 79.9. The number of halogens is 1. The Balaban J connectivity index is 1.76. The van der Waals surface area contributed by atoms with E-state index in [1.165, 1.54) is 0 Å². The van der Waals surface area contributed by atoms with Gasteiger partial charge in [-0.15, -0.1) is 0 Å². The quantitative estimate of drug-likeness (QED) is 0.740. The molecule has 1 aromatic heterocycles. The van der Waals surface area contributed by atoms with Crippen LogP contribution in [-0.4, -0.2) is 21.9 Å². The Bertz CT molecular complexity index is 884. The molecule has 0 unspecified atom stereocenters. The van der Waals surface area contributed by atoms with Crippen LogP contribution in [0.1, 0.15) is 17.2 Å². The van der Waals surface area contributed by atoms with Crippen molar-refractivity contribution in [3.05, 3.63) is 76.5 Å². The number of fused-ring (bicyclic) bond motifs is 1. The lowest BCUT2D eigenvalue weighted by molar-refractivity contribution is 0.415. The zero-order valence-corrected chi connectivity index (χ0v) is 14.6. The maximum atomic E-state index is 5.23. The topological polar surface area (TPSA) is 52.0 Å². The summed E-state index contributed by atoms with van der Waals surface area (Å²) in [7, 11) is 1.67. The average molecular weight is 383 g/mol. The summed E-state index contributed by atoms with van der Waals surface area (Å²) in [4.78, 5) is 4.33. The third kappa shape index (κ3) is 2.69. The predicted molar refractivity (Wildman–Crippen MR) is 96.9 cm³/mol. The zero-order chi connectivity index (χ0) is 16.5. The Morgan fingerprint density at radius 2 is 1.83 bits per heavy atom. The van der Waals surface area contributed by atoms with Gasteiger partial charge >= 0.3 is 0 Å². The first-order chi connectivity index (χ1) is 11.7. The van der Waals surface area contributed by atoms with E-state index in [4.69, 9.17) is 4.74 Å². The van der Waals surface area contributed by atoms with Crippen LogP contribution in [0, 0.1) is 0 Å². The molecule has 6 heteroatoms. The molecule has 0 aliphatic carbocycles. The fourth-order valence-electron chi connectivity index (χ4n) is 2.77. The SMILES string of the molecule is COc1ccc(C2=C[C@@H](c3ccc(Br)cc3)n3ncnc3N2)cc1. The molecule has 1 aliphatic heterocycles. The molecule has 1 N–H and O–H groups in total. The molecule has 2 aromatic carbocycles. The molecule has 120 valence electrons. The fourth-order valence-corrected chi connectivity index (χ4v) is 3.03. The lowest BCUT2D eigenvalue weighted by Crippen LogP contribution is -2.20. The number of nitrogens with zero attached hydrogens (tertiary/aromatic N) is 3. The van der Waals surface area contributed by atoms with E-state index in [9.17, 15) is 0 Å². The van der Waals surface area contributed by atoms with Crippen molar-refractivity contribution in [2.45, 2.75) is 6.04 Å². The number of benzene rings is 2. The minimum Gasteiger partial charge on any atom is -0.497 e. The second kappa shape index (κ2) is 6.13. The summed E-state index contributed by atoms with van der Waals surface area (Å²) in [6.07, 6.45) is 3.73. The standard InChI is InChI=1S/C18H15BrN4O/c1-24-15-8-4-12(5-9-15)16-10-17(13-2-6-14(19)7-3-13)23-18(22-16)20-11-21-23/h2-11,17H,1H3,(H,20,21,22)/t17-/m0/s1. The van der Waals surface area contributed by atoms with Crippen LogP contribution in [0.25, 0.3) is 5.70 Å². The van der Waals surface area contributed by atoms with Gasteiger partial charge in [-0.3, -0.25) is 0 Å². The molecule has 0 radical (unpaired) electrons. The lowest BCUT2D eigenvalue weighted by Gasteiger charge is -2.24. The Morgan fingerprint density at radius 3 is 2.54 bits per heavy atom. The molecule has 4 rings (SSSR count). The number of methoxy groups -OCH3 is 1. The van der Waals surface area contributed by atoms with E-state index in [0.29, 0.717) is 0 Å². The van der Waals surface area contributed by atoms with Crippen molar-refractivity contribution in [3.63, 3.8) is 0 Å². The molecule has 0 bridgehead atoms. The summed E-state index contributed by atoms with van der Waals surface area (Å²) in [6, 6.07) is 16.2. The molecule has 0 saturated heterocycles. The van der Waals surface area contributed by atoms with Crippen molar-refractivity contribution in [3.8, 4) is 5.75 Å². The summed E-state index contributed by atoms with van der Waals surface area (Å²) < 4.78 is 8.17. The normalized spacial score (nSPS) is 16.1. The number of anilines is 1. The van der Waals surface area contributed by atoms with Gasteiger partial charge in [-0.05, 0) is 53.6 Å². The summed E-state index contributed by atoms with van der Waals surface area (Å²) >= 11 is 3.48. The largest absolute Gasteiger partial charge is 0.497 e. The maximum Gasteiger partial charge on any atom is 0.226 e. The Kier molecular flexibility index (Phi) is 3.82. The van der Waals surface area contributed by atoms with Crippen LogP contribution in [0.15, 0.2) is 65.4 Å². The molecule has 5 nitrogen and oxygen atoms in total. The third-order valence-electron chi connectivity index (χ3n) is 4.02. The number of nitrogens with one attached hydrogen (secondary N) is 1. The predicted octanol–water partition coefficient (Wildman–Crippen LogP) is 4.11. The van der Waals surface area contributed by atoms with E-state index in [0.717, 1.165) is 33.0 Å². The van der Waals surface area contributed by atoms with Crippen molar-refractivity contribution >= 4 is 27.6 Å². The van der Waals surface area contributed by atoms with Crippen LogP contribution in [0.5, 0.6) is 5.75 Å². The molecule has 0 fully saturated rings. The maximum absolute atomic E-state index is 5.23. The first-order valence-electron chi connectivity index (χ1n) is 7.53. The van der Waals surface area contributed by atoms with Crippen molar-refractivity contribution in [1.82, 2.24) is 14.8 Å². The summed E-state index contributed by atoms with van der Waals surface area (Å²) in [6.45, 7) is 0.